The number of imidazole rings is 1. The zero-order valence-electron chi connectivity index (χ0n) is 16.5. The second-order valence-electron chi connectivity index (χ2n) is 6.98. The van der Waals surface area contributed by atoms with Gasteiger partial charge in [0.05, 0.1) is 11.9 Å². The maximum atomic E-state index is 4.60. The molecule has 0 amide bonds. The fourth-order valence-electron chi connectivity index (χ4n) is 3.02. The minimum Gasteiger partial charge on any atom is -0.378 e. The number of rotatable bonds is 5. The third-order valence-corrected chi connectivity index (χ3v) is 4.56. The number of nitrogens with one attached hydrogen (secondary N) is 1. The first-order valence-corrected chi connectivity index (χ1v) is 9.03. The van der Waals surface area contributed by atoms with Crippen LogP contribution in [0, 0.1) is 0 Å². The molecule has 0 fully saturated rings. The van der Waals surface area contributed by atoms with E-state index in [0.29, 0.717) is 5.82 Å². The van der Waals surface area contributed by atoms with Crippen molar-refractivity contribution in [2.75, 3.05) is 43.3 Å². The van der Waals surface area contributed by atoms with Crippen molar-refractivity contribution in [3.05, 3.63) is 61.2 Å². The summed E-state index contributed by atoms with van der Waals surface area (Å²) in [5.74, 6) is 1.63. The van der Waals surface area contributed by atoms with Crippen LogP contribution < -0.4 is 15.1 Å². The zero-order chi connectivity index (χ0) is 19.7. The van der Waals surface area contributed by atoms with Crippen LogP contribution in [0.25, 0.3) is 16.9 Å². The Kier molecular flexibility index (Phi) is 4.57. The summed E-state index contributed by atoms with van der Waals surface area (Å²) < 4.78 is 2.03. The number of anilines is 4. The molecule has 28 heavy (non-hydrogen) atoms. The van der Waals surface area contributed by atoms with E-state index in [1.165, 1.54) is 0 Å². The van der Waals surface area contributed by atoms with Crippen LogP contribution >= 0.6 is 0 Å². The average molecular weight is 373 g/mol. The molecule has 0 bridgehead atoms. The van der Waals surface area contributed by atoms with Crippen LogP contribution in [0.2, 0.25) is 0 Å². The first kappa shape index (κ1) is 17.8. The number of hydrogen-bond acceptors (Lipinski definition) is 6. The van der Waals surface area contributed by atoms with Gasteiger partial charge in [0.25, 0.3) is 0 Å². The molecule has 0 unspecified atom stereocenters. The van der Waals surface area contributed by atoms with Gasteiger partial charge in [0, 0.05) is 63.7 Å². The highest BCUT2D eigenvalue weighted by atomic mass is 15.1. The minimum atomic E-state index is 0.711. The van der Waals surface area contributed by atoms with Crippen molar-refractivity contribution in [1.29, 1.82) is 0 Å². The third kappa shape index (κ3) is 3.34. The molecule has 0 atom stereocenters. The van der Waals surface area contributed by atoms with Gasteiger partial charge in [0.15, 0.2) is 11.5 Å². The van der Waals surface area contributed by atoms with Crippen LogP contribution in [0.3, 0.4) is 0 Å². The van der Waals surface area contributed by atoms with E-state index in [2.05, 4.69) is 43.4 Å². The molecule has 4 rings (SSSR count). The monoisotopic (exact) mass is 373 g/mol. The quantitative estimate of drug-likeness (QED) is 0.576. The SMILES string of the molecule is CN(C)c1cccc(Nc2nccn3c(-c4ccc(N(C)C)nc4)cnc23)c1. The average Bonchev–Trinajstić information content (AvgIpc) is 3.13. The number of fused-ring (bicyclic) bond motifs is 1. The molecule has 7 nitrogen and oxygen atoms in total. The van der Waals surface area contributed by atoms with E-state index in [1.807, 2.05) is 74.3 Å². The van der Waals surface area contributed by atoms with Gasteiger partial charge in [0.1, 0.15) is 5.82 Å². The van der Waals surface area contributed by atoms with E-state index in [1.54, 1.807) is 6.20 Å². The van der Waals surface area contributed by atoms with Gasteiger partial charge in [0.2, 0.25) is 0 Å². The van der Waals surface area contributed by atoms with E-state index in [-0.39, 0.29) is 0 Å². The zero-order valence-corrected chi connectivity index (χ0v) is 16.5. The normalized spacial score (nSPS) is 10.9. The summed E-state index contributed by atoms with van der Waals surface area (Å²) >= 11 is 0. The molecule has 0 spiro atoms. The van der Waals surface area contributed by atoms with Gasteiger partial charge in [-0.05, 0) is 30.3 Å². The lowest BCUT2D eigenvalue weighted by Gasteiger charge is -2.14. The molecule has 4 aromatic rings. The fraction of sp³-hybridized carbons (Fsp3) is 0.190. The molecule has 0 saturated heterocycles. The van der Waals surface area contributed by atoms with Crippen molar-refractivity contribution in [3.63, 3.8) is 0 Å². The van der Waals surface area contributed by atoms with Crippen LogP contribution in [-0.2, 0) is 0 Å². The highest BCUT2D eigenvalue weighted by Crippen LogP contribution is 2.26. The van der Waals surface area contributed by atoms with Crippen molar-refractivity contribution >= 4 is 28.7 Å². The molecular formula is C21H23N7. The van der Waals surface area contributed by atoms with Gasteiger partial charge in [-0.1, -0.05) is 6.07 Å². The summed E-state index contributed by atoms with van der Waals surface area (Å²) in [6, 6.07) is 12.2. The van der Waals surface area contributed by atoms with Crippen LogP contribution in [0.15, 0.2) is 61.2 Å². The van der Waals surface area contributed by atoms with Crippen molar-refractivity contribution in [3.8, 4) is 11.3 Å². The largest absolute Gasteiger partial charge is 0.378 e. The van der Waals surface area contributed by atoms with Gasteiger partial charge in [-0.2, -0.15) is 0 Å². The Morgan fingerprint density at radius 3 is 2.46 bits per heavy atom. The first-order chi connectivity index (χ1) is 13.5. The van der Waals surface area contributed by atoms with Gasteiger partial charge in [-0.3, -0.25) is 4.40 Å². The lowest BCUT2D eigenvalue weighted by Crippen LogP contribution is -2.10. The van der Waals surface area contributed by atoms with Crippen molar-refractivity contribution in [1.82, 2.24) is 19.4 Å². The van der Waals surface area contributed by atoms with E-state index >= 15 is 0 Å². The number of pyridine rings is 1. The summed E-state index contributed by atoms with van der Waals surface area (Å²) in [6.07, 6.45) is 7.41. The number of nitrogens with zero attached hydrogens (tertiary/aromatic N) is 6. The Balaban J connectivity index is 1.70. The van der Waals surface area contributed by atoms with Crippen LogP contribution in [-0.4, -0.2) is 47.5 Å². The summed E-state index contributed by atoms with van der Waals surface area (Å²) in [7, 11) is 8.00. The van der Waals surface area contributed by atoms with Crippen molar-refractivity contribution in [2.45, 2.75) is 0 Å². The van der Waals surface area contributed by atoms with E-state index in [4.69, 9.17) is 0 Å². The molecule has 0 radical (unpaired) electrons. The summed E-state index contributed by atoms with van der Waals surface area (Å²) in [5, 5.41) is 3.39. The lowest BCUT2D eigenvalue weighted by molar-refractivity contribution is 1.07. The van der Waals surface area contributed by atoms with E-state index < -0.39 is 0 Å². The standard InChI is InChI=1S/C21H23N7/c1-26(2)17-7-5-6-16(12-17)25-20-21-24-14-18(28(21)11-10-22-20)15-8-9-19(23-13-15)27(3)4/h5-14H,1-4H3,(H,22,25). The number of benzene rings is 1. The molecule has 3 heterocycles. The Labute approximate surface area is 164 Å². The molecule has 0 saturated carbocycles. The second kappa shape index (κ2) is 7.19. The predicted octanol–water partition coefficient (Wildman–Crippen LogP) is 3.67. The second-order valence-corrected chi connectivity index (χ2v) is 6.98. The molecule has 7 heteroatoms. The summed E-state index contributed by atoms with van der Waals surface area (Å²) in [6.45, 7) is 0. The van der Waals surface area contributed by atoms with E-state index in [9.17, 15) is 0 Å². The topological polar surface area (TPSA) is 61.6 Å². The molecular weight excluding hydrogens is 350 g/mol. The lowest BCUT2D eigenvalue weighted by atomic mass is 10.2. The summed E-state index contributed by atoms with van der Waals surface area (Å²) in [5.41, 5.74) is 4.83. The summed E-state index contributed by atoms with van der Waals surface area (Å²) in [4.78, 5) is 17.6. The van der Waals surface area contributed by atoms with Crippen LogP contribution in [0.5, 0.6) is 0 Å². The van der Waals surface area contributed by atoms with Crippen LogP contribution in [0.4, 0.5) is 23.0 Å². The number of hydrogen-bond donors (Lipinski definition) is 1. The van der Waals surface area contributed by atoms with Gasteiger partial charge in [-0.15, -0.1) is 0 Å². The molecule has 0 aliphatic rings. The molecule has 0 aliphatic carbocycles. The molecule has 3 aromatic heterocycles. The Morgan fingerprint density at radius 2 is 1.75 bits per heavy atom. The molecule has 1 N–H and O–H groups in total. The minimum absolute atomic E-state index is 0.711. The Bertz CT molecular complexity index is 1100. The predicted molar refractivity (Wildman–Crippen MR) is 115 cm³/mol. The highest BCUT2D eigenvalue weighted by Gasteiger charge is 2.11. The van der Waals surface area contributed by atoms with Crippen molar-refractivity contribution < 1.29 is 0 Å². The molecule has 1 aromatic carbocycles. The Hall–Kier alpha value is -3.61. The first-order valence-electron chi connectivity index (χ1n) is 9.03. The maximum absolute atomic E-state index is 4.60. The molecule has 0 aliphatic heterocycles. The van der Waals surface area contributed by atoms with Crippen molar-refractivity contribution in [2.24, 2.45) is 0 Å². The Morgan fingerprint density at radius 1 is 0.893 bits per heavy atom. The van der Waals surface area contributed by atoms with Gasteiger partial charge >= 0.3 is 0 Å². The third-order valence-electron chi connectivity index (χ3n) is 4.56. The highest BCUT2D eigenvalue weighted by molar-refractivity contribution is 5.75. The van der Waals surface area contributed by atoms with Gasteiger partial charge < -0.3 is 15.1 Å². The van der Waals surface area contributed by atoms with Crippen LogP contribution in [0.1, 0.15) is 0 Å². The smallest absolute Gasteiger partial charge is 0.180 e. The maximum Gasteiger partial charge on any atom is 0.180 e. The van der Waals surface area contributed by atoms with Gasteiger partial charge in [-0.25, -0.2) is 15.0 Å². The molecule has 142 valence electrons. The number of aromatic nitrogens is 4. The fourth-order valence-corrected chi connectivity index (χ4v) is 3.02. The van der Waals surface area contributed by atoms with E-state index in [0.717, 1.165) is 34.1 Å².